The molecule has 0 radical (unpaired) electrons. The SMILES string of the molecule is CCCCC/C=C\C/C=C\C/C=C\CCCCCCCCC(=O)OC(COCCCCCCCCCCCCCCCCCCCCCCCCCCC)COP(=O)([O-])OCC[N+](C)(C)C. The molecule has 0 amide bonds. The molecule has 0 aliphatic rings. The van der Waals surface area contributed by atoms with Gasteiger partial charge in [0, 0.05) is 13.0 Å². The predicted molar refractivity (Wildman–Crippen MR) is 282 cm³/mol. The number of ether oxygens (including phenoxy) is 2. The lowest BCUT2D eigenvalue weighted by Gasteiger charge is -2.28. The number of hydrogen-bond acceptors (Lipinski definition) is 7. The number of unbranched alkanes of at least 4 members (excludes halogenated alkanes) is 33. The zero-order valence-corrected chi connectivity index (χ0v) is 45.3. The minimum atomic E-state index is -4.54. The maximum atomic E-state index is 12.8. The van der Waals surface area contributed by atoms with E-state index in [-0.39, 0.29) is 25.8 Å². The van der Waals surface area contributed by atoms with E-state index in [0.29, 0.717) is 24.1 Å². The lowest BCUT2D eigenvalue weighted by atomic mass is 10.0. The van der Waals surface area contributed by atoms with Crippen LogP contribution in [0.4, 0.5) is 0 Å². The van der Waals surface area contributed by atoms with E-state index in [2.05, 4.69) is 50.3 Å². The summed E-state index contributed by atoms with van der Waals surface area (Å²) in [5, 5.41) is 0. The van der Waals surface area contributed by atoms with Gasteiger partial charge in [-0.3, -0.25) is 9.36 Å². The summed E-state index contributed by atoms with van der Waals surface area (Å²) in [7, 11) is 1.36. The topological polar surface area (TPSA) is 94.1 Å². The summed E-state index contributed by atoms with van der Waals surface area (Å²) in [6, 6.07) is 0. The molecular weight excluding hydrogens is 842 g/mol. The lowest BCUT2D eigenvalue weighted by molar-refractivity contribution is -0.870. The minimum absolute atomic E-state index is 0.0245. The Hall–Kier alpha value is -1.28. The van der Waals surface area contributed by atoms with Crippen LogP contribution in [0.5, 0.6) is 0 Å². The Morgan fingerprint density at radius 2 is 0.833 bits per heavy atom. The van der Waals surface area contributed by atoms with Crippen LogP contribution in [0, 0.1) is 0 Å². The van der Waals surface area contributed by atoms with Gasteiger partial charge in [0.25, 0.3) is 7.82 Å². The van der Waals surface area contributed by atoms with Crippen molar-refractivity contribution in [3.8, 4) is 0 Å². The molecule has 0 saturated heterocycles. The van der Waals surface area contributed by atoms with Gasteiger partial charge in [-0.2, -0.15) is 0 Å². The van der Waals surface area contributed by atoms with Crippen molar-refractivity contribution in [3.05, 3.63) is 36.5 Å². The number of allylic oxidation sites excluding steroid dienone is 6. The Labute approximate surface area is 410 Å². The van der Waals surface area contributed by atoms with Crippen molar-refractivity contribution >= 4 is 13.8 Å². The highest BCUT2D eigenvalue weighted by Gasteiger charge is 2.20. The number of carbonyl (C=O) groups is 1. The number of phosphoric acid groups is 1. The van der Waals surface area contributed by atoms with Gasteiger partial charge in [0.1, 0.15) is 19.3 Å². The molecule has 0 bridgehead atoms. The van der Waals surface area contributed by atoms with Gasteiger partial charge < -0.3 is 27.9 Å². The number of esters is 1. The van der Waals surface area contributed by atoms with Crippen molar-refractivity contribution in [2.45, 2.75) is 270 Å². The molecule has 0 aromatic carbocycles. The van der Waals surface area contributed by atoms with Crippen LogP contribution in [-0.2, 0) is 27.9 Å². The Morgan fingerprint density at radius 3 is 1.27 bits per heavy atom. The zero-order valence-electron chi connectivity index (χ0n) is 44.4. The number of carbonyl (C=O) groups excluding carboxylic acids is 1. The van der Waals surface area contributed by atoms with Crippen LogP contribution in [0.1, 0.15) is 264 Å². The highest BCUT2D eigenvalue weighted by atomic mass is 31.2. The van der Waals surface area contributed by atoms with E-state index in [1.807, 2.05) is 21.1 Å². The molecule has 0 heterocycles. The van der Waals surface area contributed by atoms with Gasteiger partial charge in [0.2, 0.25) is 0 Å². The van der Waals surface area contributed by atoms with Gasteiger partial charge in [-0.25, -0.2) is 0 Å². The van der Waals surface area contributed by atoms with Crippen molar-refractivity contribution in [2.75, 3.05) is 54.1 Å². The largest absolute Gasteiger partial charge is 0.756 e. The number of nitrogens with zero attached hydrogens (tertiary/aromatic N) is 1. The van der Waals surface area contributed by atoms with Gasteiger partial charge in [0.15, 0.2) is 0 Å². The van der Waals surface area contributed by atoms with Crippen LogP contribution in [0.15, 0.2) is 36.5 Å². The molecule has 0 aliphatic heterocycles. The van der Waals surface area contributed by atoms with Crippen molar-refractivity contribution in [1.29, 1.82) is 0 Å². The third-order valence-corrected chi connectivity index (χ3v) is 13.4. The third-order valence-electron chi connectivity index (χ3n) is 12.4. The minimum Gasteiger partial charge on any atom is -0.756 e. The first kappa shape index (κ1) is 64.7. The molecular formula is C57H110NO7P. The smallest absolute Gasteiger partial charge is 0.306 e. The van der Waals surface area contributed by atoms with Crippen LogP contribution < -0.4 is 4.89 Å². The first-order valence-electron chi connectivity index (χ1n) is 28.2. The second-order valence-electron chi connectivity index (χ2n) is 20.3. The fourth-order valence-electron chi connectivity index (χ4n) is 8.09. The van der Waals surface area contributed by atoms with Crippen LogP contribution in [-0.4, -0.2) is 70.7 Å². The Kier molecular flexibility index (Phi) is 49.1. The molecule has 0 rings (SSSR count). The molecule has 9 heteroatoms. The van der Waals surface area contributed by atoms with E-state index < -0.39 is 13.9 Å². The third kappa shape index (κ3) is 53.7. The zero-order chi connectivity index (χ0) is 48.3. The second-order valence-corrected chi connectivity index (χ2v) is 21.7. The Morgan fingerprint density at radius 1 is 0.470 bits per heavy atom. The van der Waals surface area contributed by atoms with E-state index in [0.717, 1.165) is 57.8 Å². The Bertz CT molecular complexity index is 1150. The number of rotatable bonds is 53. The van der Waals surface area contributed by atoms with Crippen LogP contribution in [0.2, 0.25) is 0 Å². The molecule has 0 aromatic heterocycles. The number of phosphoric ester groups is 1. The molecule has 0 N–H and O–H groups in total. The first-order chi connectivity index (χ1) is 32.1. The fraction of sp³-hybridized carbons (Fsp3) is 0.877. The predicted octanol–water partition coefficient (Wildman–Crippen LogP) is 17.0. The van der Waals surface area contributed by atoms with Gasteiger partial charge in [-0.05, 0) is 51.4 Å². The average Bonchev–Trinajstić information content (AvgIpc) is 3.28. The molecule has 2 atom stereocenters. The van der Waals surface area contributed by atoms with Crippen molar-refractivity contribution in [1.82, 2.24) is 0 Å². The summed E-state index contributed by atoms with van der Waals surface area (Å²) in [6.07, 6.45) is 61.8. The van der Waals surface area contributed by atoms with E-state index in [9.17, 15) is 14.3 Å². The molecule has 0 saturated carbocycles. The van der Waals surface area contributed by atoms with Crippen LogP contribution >= 0.6 is 7.82 Å². The maximum Gasteiger partial charge on any atom is 0.306 e. The highest BCUT2D eigenvalue weighted by Crippen LogP contribution is 2.38. The molecule has 0 aromatic rings. The number of likely N-dealkylation sites (N-methyl/N-ethyl adjacent to an activating group) is 1. The van der Waals surface area contributed by atoms with E-state index in [1.165, 1.54) is 186 Å². The number of hydrogen-bond donors (Lipinski definition) is 0. The summed E-state index contributed by atoms with van der Waals surface area (Å²) < 4.78 is 34.8. The number of quaternary nitrogens is 1. The van der Waals surface area contributed by atoms with Crippen molar-refractivity contribution in [3.63, 3.8) is 0 Å². The maximum absolute atomic E-state index is 12.8. The molecule has 390 valence electrons. The second kappa shape index (κ2) is 50.1. The summed E-state index contributed by atoms with van der Waals surface area (Å²) in [5.74, 6) is -0.342. The van der Waals surface area contributed by atoms with E-state index in [4.69, 9.17) is 18.5 Å². The van der Waals surface area contributed by atoms with Gasteiger partial charge in [0.05, 0.1) is 34.4 Å². The van der Waals surface area contributed by atoms with Gasteiger partial charge >= 0.3 is 5.97 Å². The molecule has 0 spiro atoms. The summed E-state index contributed by atoms with van der Waals surface area (Å²) >= 11 is 0. The van der Waals surface area contributed by atoms with Gasteiger partial charge in [-0.15, -0.1) is 0 Å². The fourth-order valence-corrected chi connectivity index (χ4v) is 8.81. The molecule has 0 fully saturated rings. The highest BCUT2D eigenvalue weighted by molar-refractivity contribution is 7.45. The molecule has 0 aliphatic carbocycles. The molecule has 2 unspecified atom stereocenters. The van der Waals surface area contributed by atoms with Crippen LogP contribution in [0.3, 0.4) is 0 Å². The van der Waals surface area contributed by atoms with Crippen LogP contribution in [0.25, 0.3) is 0 Å². The van der Waals surface area contributed by atoms with Crippen molar-refractivity contribution < 1.29 is 37.3 Å². The van der Waals surface area contributed by atoms with Crippen molar-refractivity contribution in [2.24, 2.45) is 0 Å². The van der Waals surface area contributed by atoms with E-state index in [1.54, 1.807) is 0 Å². The molecule has 66 heavy (non-hydrogen) atoms. The first-order valence-corrected chi connectivity index (χ1v) is 29.7. The molecule has 8 nitrogen and oxygen atoms in total. The standard InChI is InChI=1S/C57H110NO7P/c1-6-8-10-12-14-16-18-20-22-24-26-27-28-29-30-31-33-35-37-39-41-43-45-47-49-52-62-54-56(55-64-66(60,61)63-53-51-58(3,4)5)65-57(59)50-48-46-44-42-40-38-36-34-32-25-23-21-19-17-15-13-11-9-7-2/h15,17,21,23,32,34,56H,6-14,16,18-20,22,24-31,33,35-55H2,1-5H3/b17-15-,23-21-,34-32-. The summed E-state index contributed by atoms with van der Waals surface area (Å²) in [5.41, 5.74) is 0. The monoisotopic (exact) mass is 952 g/mol. The Balaban J connectivity index is 4.06. The quantitative estimate of drug-likeness (QED) is 0.0197. The van der Waals surface area contributed by atoms with E-state index >= 15 is 0 Å². The lowest BCUT2D eigenvalue weighted by Crippen LogP contribution is -2.37. The average molecular weight is 952 g/mol. The van der Waals surface area contributed by atoms with Gasteiger partial charge in [-0.1, -0.05) is 243 Å². The summed E-state index contributed by atoms with van der Waals surface area (Å²) in [6.45, 7) is 5.42. The summed E-state index contributed by atoms with van der Waals surface area (Å²) in [4.78, 5) is 25.2. The normalized spacial score (nSPS) is 13.7.